The number of aromatic nitrogens is 2. The van der Waals surface area contributed by atoms with E-state index in [1.807, 2.05) is 54.6 Å². The molecule has 3 aromatic rings. The Balaban J connectivity index is 1.66. The zero-order valence-corrected chi connectivity index (χ0v) is 14.2. The highest BCUT2D eigenvalue weighted by Crippen LogP contribution is 2.27. The van der Waals surface area contributed by atoms with Crippen molar-refractivity contribution in [3.8, 4) is 11.5 Å². The molecule has 0 saturated carbocycles. The third-order valence-electron chi connectivity index (χ3n) is 3.61. The summed E-state index contributed by atoms with van der Waals surface area (Å²) in [6.07, 6.45) is 1.72. The van der Waals surface area contributed by atoms with E-state index in [0.717, 1.165) is 17.1 Å². The van der Waals surface area contributed by atoms with Crippen LogP contribution in [0.3, 0.4) is 0 Å². The van der Waals surface area contributed by atoms with E-state index in [9.17, 15) is 0 Å². The van der Waals surface area contributed by atoms with Gasteiger partial charge in [0.15, 0.2) is 11.5 Å². The lowest BCUT2D eigenvalue weighted by molar-refractivity contribution is 0.354. The molecular formula is C19H20N4O2. The van der Waals surface area contributed by atoms with Gasteiger partial charge in [0.1, 0.15) is 5.82 Å². The second-order valence-electron chi connectivity index (χ2n) is 5.30. The van der Waals surface area contributed by atoms with Crippen molar-refractivity contribution in [2.24, 2.45) is 0 Å². The molecule has 1 heterocycles. The van der Waals surface area contributed by atoms with Crippen LogP contribution >= 0.6 is 0 Å². The number of hydrogen-bond acceptors (Lipinski definition) is 6. The molecule has 0 aliphatic heterocycles. The van der Waals surface area contributed by atoms with Gasteiger partial charge in [-0.2, -0.15) is 4.98 Å². The molecule has 1 aromatic heterocycles. The summed E-state index contributed by atoms with van der Waals surface area (Å²) in [5.74, 6) is 2.70. The lowest BCUT2D eigenvalue weighted by Crippen LogP contribution is -2.04. The highest BCUT2D eigenvalue weighted by atomic mass is 16.5. The van der Waals surface area contributed by atoms with Gasteiger partial charge in [-0.05, 0) is 35.9 Å². The molecule has 0 aliphatic carbocycles. The van der Waals surface area contributed by atoms with Gasteiger partial charge in [-0.25, -0.2) is 4.98 Å². The molecule has 0 fully saturated rings. The summed E-state index contributed by atoms with van der Waals surface area (Å²) in [4.78, 5) is 8.71. The minimum atomic E-state index is 0.545. The smallest absolute Gasteiger partial charge is 0.229 e. The fourth-order valence-corrected chi connectivity index (χ4v) is 2.35. The summed E-state index contributed by atoms with van der Waals surface area (Å²) < 4.78 is 10.6. The van der Waals surface area contributed by atoms with Crippen molar-refractivity contribution >= 4 is 17.5 Å². The SMILES string of the molecule is COc1ccc(CNc2ccnc(Nc3ccccc3)n2)cc1OC. The number of ether oxygens (including phenoxy) is 2. The first kappa shape index (κ1) is 16.6. The first-order valence-corrected chi connectivity index (χ1v) is 7.88. The highest BCUT2D eigenvalue weighted by Gasteiger charge is 2.05. The van der Waals surface area contributed by atoms with Gasteiger partial charge in [0, 0.05) is 18.4 Å². The van der Waals surface area contributed by atoms with E-state index in [1.165, 1.54) is 0 Å². The minimum Gasteiger partial charge on any atom is -0.493 e. The van der Waals surface area contributed by atoms with Crippen molar-refractivity contribution in [1.82, 2.24) is 9.97 Å². The van der Waals surface area contributed by atoms with Gasteiger partial charge in [-0.3, -0.25) is 0 Å². The van der Waals surface area contributed by atoms with Crippen LogP contribution in [0.15, 0.2) is 60.8 Å². The van der Waals surface area contributed by atoms with Crippen molar-refractivity contribution in [3.05, 3.63) is 66.4 Å². The number of para-hydroxylation sites is 1. The number of nitrogens with one attached hydrogen (secondary N) is 2. The maximum absolute atomic E-state index is 5.33. The third-order valence-corrected chi connectivity index (χ3v) is 3.61. The second-order valence-corrected chi connectivity index (χ2v) is 5.30. The third kappa shape index (κ3) is 4.38. The van der Waals surface area contributed by atoms with Gasteiger partial charge in [-0.1, -0.05) is 24.3 Å². The van der Waals surface area contributed by atoms with Crippen molar-refractivity contribution in [1.29, 1.82) is 0 Å². The van der Waals surface area contributed by atoms with E-state index in [2.05, 4.69) is 20.6 Å². The Kier molecular flexibility index (Phi) is 5.31. The molecule has 0 aliphatic rings. The molecule has 25 heavy (non-hydrogen) atoms. The molecule has 0 spiro atoms. The Morgan fingerprint density at radius 3 is 2.48 bits per heavy atom. The summed E-state index contributed by atoms with van der Waals surface area (Å²) in [7, 11) is 3.25. The van der Waals surface area contributed by atoms with Crippen molar-refractivity contribution < 1.29 is 9.47 Å². The van der Waals surface area contributed by atoms with Crippen LogP contribution in [0.4, 0.5) is 17.5 Å². The quantitative estimate of drug-likeness (QED) is 0.683. The van der Waals surface area contributed by atoms with Crippen LogP contribution in [0.5, 0.6) is 11.5 Å². The predicted molar refractivity (Wildman–Crippen MR) is 98.6 cm³/mol. The average molecular weight is 336 g/mol. The number of rotatable bonds is 7. The normalized spacial score (nSPS) is 10.2. The molecule has 128 valence electrons. The van der Waals surface area contributed by atoms with Crippen LogP contribution in [0.2, 0.25) is 0 Å². The van der Waals surface area contributed by atoms with Gasteiger partial charge < -0.3 is 20.1 Å². The first-order valence-electron chi connectivity index (χ1n) is 7.88. The zero-order chi connectivity index (χ0) is 17.5. The average Bonchev–Trinajstić information content (AvgIpc) is 2.67. The largest absolute Gasteiger partial charge is 0.493 e. The van der Waals surface area contributed by atoms with Crippen molar-refractivity contribution in [2.45, 2.75) is 6.54 Å². The van der Waals surface area contributed by atoms with E-state index >= 15 is 0 Å². The van der Waals surface area contributed by atoms with Crippen LogP contribution in [0.1, 0.15) is 5.56 Å². The molecule has 3 rings (SSSR count). The molecule has 0 bridgehead atoms. The molecule has 6 nitrogen and oxygen atoms in total. The molecule has 2 aromatic carbocycles. The summed E-state index contributed by atoms with van der Waals surface area (Å²) >= 11 is 0. The van der Waals surface area contributed by atoms with Gasteiger partial charge in [0.2, 0.25) is 5.95 Å². The summed E-state index contributed by atoms with van der Waals surface area (Å²) in [5.41, 5.74) is 2.01. The summed E-state index contributed by atoms with van der Waals surface area (Å²) in [6, 6.07) is 17.5. The molecule has 0 saturated heterocycles. The number of nitrogens with zero attached hydrogens (tertiary/aromatic N) is 2. The monoisotopic (exact) mass is 336 g/mol. The molecule has 0 unspecified atom stereocenters. The van der Waals surface area contributed by atoms with Crippen LogP contribution < -0.4 is 20.1 Å². The molecule has 2 N–H and O–H groups in total. The van der Waals surface area contributed by atoms with Gasteiger partial charge in [0.25, 0.3) is 0 Å². The maximum Gasteiger partial charge on any atom is 0.229 e. The fraction of sp³-hybridized carbons (Fsp3) is 0.158. The highest BCUT2D eigenvalue weighted by molar-refractivity contribution is 5.54. The summed E-state index contributed by atoms with van der Waals surface area (Å²) in [6.45, 7) is 0.613. The first-order chi connectivity index (χ1) is 12.3. The zero-order valence-electron chi connectivity index (χ0n) is 14.2. The summed E-state index contributed by atoms with van der Waals surface area (Å²) in [5, 5.41) is 6.47. The molecule has 6 heteroatoms. The fourth-order valence-electron chi connectivity index (χ4n) is 2.35. The molecular weight excluding hydrogens is 316 g/mol. The van der Waals surface area contributed by atoms with Gasteiger partial charge in [0.05, 0.1) is 14.2 Å². The van der Waals surface area contributed by atoms with E-state index in [1.54, 1.807) is 20.4 Å². The second kappa shape index (κ2) is 8.01. The molecule has 0 atom stereocenters. The minimum absolute atomic E-state index is 0.545. The predicted octanol–water partition coefficient (Wildman–Crippen LogP) is 3.85. The Bertz CT molecular complexity index is 825. The molecule has 0 radical (unpaired) electrons. The lowest BCUT2D eigenvalue weighted by atomic mass is 10.2. The lowest BCUT2D eigenvalue weighted by Gasteiger charge is -2.11. The number of methoxy groups -OCH3 is 2. The Morgan fingerprint density at radius 1 is 0.920 bits per heavy atom. The van der Waals surface area contributed by atoms with Gasteiger partial charge >= 0.3 is 0 Å². The van der Waals surface area contributed by atoms with Crippen molar-refractivity contribution in [3.63, 3.8) is 0 Å². The molecule has 0 amide bonds. The van der Waals surface area contributed by atoms with E-state index in [4.69, 9.17) is 9.47 Å². The number of anilines is 3. The Labute approximate surface area is 146 Å². The topological polar surface area (TPSA) is 68.3 Å². The van der Waals surface area contributed by atoms with Crippen LogP contribution in [-0.2, 0) is 6.54 Å². The van der Waals surface area contributed by atoms with E-state index in [-0.39, 0.29) is 0 Å². The van der Waals surface area contributed by atoms with Crippen LogP contribution in [-0.4, -0.2) is 24.2 Å². The number of hydrogen-bond donors (Lipinski definition) is 2. The van der Waals surface area contributed by atoms with Gasteiger partial charge in [-0.15, -0.1) is 0 Å². The van der Waals surface area contributed by atoms with Crippen LogP contribution in [0.25, 0.3) is 0 Å². The Morgan fingerprint density at radius 2 is 1.72 bits per heavy atom. The van der Waals surface area contributed by atoms with Crippen LogP contribution in [0, 0.1) is 0 Å². The van der Waals surface area contributed by atoms with Crippen molar-refractivity contribution in [2.75, 3.05) is 24.9 Å². The van der Waals surface area contributed by atoms with E-state index < -0.39 is 0 Å². The maximum atomic E-state index is 5.33. The standard InChI is InChI=1S/C19H20N4O2/c1-24-16-9-8-14(12-17(16)25-2)13-21-18-10-11-20-19(23-18)22-15-6-4-3-5-7-15/h3-12H,13H2,1-2H3,(H2,20,21,22,23). The van der Waals surface area contributed by atoms with E-state index in [0.29, 0.717) is 24.0 Å². The Hall–Kier alpha value is -3.28. The number of benzene rings is 2.